The maximum absolute atomic E-state index is 13.3. The first-order valence-electron chi connectivity index (χ1n) is 11.8. The summed E-state index contributed by atoms with van der Waals surface area (Å²) in [5, 5.41) is 6.33. The Bertz CT molecular complexity index is 916. The van der Waals surface area contributed by atoms with E-state index in [1.807, 2.05) is 53.4 Å². The Hall–Kier alpha value is -2.86. The number of carbonyl (C=O) groups excluding carboxylic acids is 2. The Morgan fingerprint density at radius 1 is 1.03 bits per heavy atom. The second-order valence-electron chi connectivity index (χ2n) is 8.64. The predicted octanol–water partition coefficient (Wildman–Crippen LogP) is 4.01. The van der Waals surface area contributed by atoms with Gasteiger partial charge in [0.25, 0.3) is 5.91 Å². The van der Waals surface area contributed by atoms with Gasteiger partial charge < -0.3 is 20.3 Å². The standard InChI is InChI=1S/C26H33N3O3/c30-25-14-12-20-18-21(11-13-24(20)28-25)26(31)29-16-15-27-19-22(29)8-4-1-2-7-17-32-23-9-5-3-6-10-23/h3,5-6,9-11,13,18,22,27H,1-2,4,7-8,12,14-17,19H2,(H,28,30). The molecule has 2 aromatic carbocycles. The van der Waals surface area contributed by atoms with Crippen molar-refractivity contribution in [2.75, 3.05) is 31.6 Å². The van der Waals surface area contributed by atoms with E-state index < -0.39 is 0 Å². The fourth-order valence-corrected chi connectivity index (χ4v) is 4.51. The van der Waals surface area contributed by atoms with Gasteiger partial charge in [-0.2, -0.15) is 0 Å². The zero-order valence-electron chi connectivity index (χ0n) is 18.6. The van der Waals surface area contributed by atoms with Crippen molar-refractivity contribution in [3.8, 4) is 5.75 Å². The quantitative estimate of drug-likeness (QED) is 0.584. The lowest BCUT2D eigenvalue weighted by atomic mass is 9.98. The van der Waals surface area contributed by atoms with Crippen molar-refractivity contribution in [2.45, 2.75) is 51.0 Å². The van der Waals surface area contributed by atoms with Crippen LogP contribution in [0.2, 0.25) is 0 Å². The Kier molecular flexibility index (Phi) is 7.77. The number of anilines is 1. The molecular weight excluding hydrogens is 402 g/mol. The largest absolute Gasteiger partial charge is 0.494 e. The average Bonchev–Trinajstić information content (AvgIpc) is 2.83. The molecule has 32 heavy (non-hydrogen) atoms. The van der Waals surface area contributed by atoms with Crippen LogP contribution in [0.5, 0.6) is 5.75 Å². The molecule has 2 heterocycles. The molecule has 1 fully saturated rings. The maximum Gasteiger partial charge on any atom is 0.254 e. The topological polar surface area (TPSA) is 70.7 Å². The van der Waals surface area contributed by atoms with Gasteiger partial charge in [0, 0.05) is 43.3 Å². The molecule has 2 aromatic rings. The average molecular weight is 436 g/mol. The molecule has 0 spiro atoms. The van der Waals surface area contributed by atoms with E-state index in [4.69, 9.17) is 4.74 Å². The van der Waals surface area contributed by atoms with Crippen LogP contribution in [0, 0.1) is 0 Å². The van der Waals surface area contributed by atoms with Gasteiger partial charge in [0.1, 0.15) is 5.75 Å². The Labute approximate surface area is 190 Å². The summed E-state index contributed by atoms with van der Waals surface area (Å²) in [7, 11) is 0. The van der Waals surface area contributed by atoms with Gasteiger partial charge in [0.2, 0.25) is 5.91 Å². The molecule has 170 valence electrons. The molecule has 0 saturated carbocycles. The van der Waals surface area contributed by atoms with Crippen molar-refractivity contribution in [1.82, 2.24) is 10.2 Å². The van der Waals surface area contributed by atoms with E-state index in [2.05, 4.69) is 10.6 Å². The highest BCUT2D eigenvalue weighted by Crippen LogP contribution is 2.25. The van der Waals surface area contributed by atoms with Crippen molar-refractivity contribution in [1.29, 1.82) is 0 Å². The molecule has 2 aliphatic heterocycles. The van der Waals surface area contributed by atoms with Crippen molar-refractivity contribution < 1.29 is 14.3 Å². The minimum absolute atomic E-state index is 0.0466. The third kappa shape index (κ3) is 5.88. The third-order valence-corrected chi connectivity index (χ3v) is 6.30. The van der Waals surface area contributed by atoms with Gasteiger partial charge in [0.15, 0.2) is 0 Å². The lowest BCUT2D eigenvalue weighted by Crippen LogP contribution is -2.53. The summed E-state index contributed by atoms with van der Waals surface area (Å²) in [6, 6.07) is 15.8. The van der Waals surface area contributed by atoms with Crippen LogP contribution in [0.4, 0.5) is 5.69 Å². The van der Waals surface area contributed by atoms with Crippen molar-refractivity contribution in [3.63, 3.8) is 0 Å². The van der Waals surface area contributed by atoms with Crippen LogP contribution in [0.25, 0.3) is 0 Å². The Morgan fingerprint density at radius 2 is 1.88 bits per heavy atom. The van der Waals surface area contributed by atoms with Gasteiger partial charge in [0.05, 0.1) is 6.61 Å². The van der Waals surface area contributed by atoms with E-state index >= 15 is 0 Å². The molecule has 0 radical (unpaired) electrons. The van der Waals surface area contributed by atoms with Gasteiger partial charge in [-0.15, -0.1) is 0 Å². The van der Waals surface area contributed by atoms with Crippen LogP contribution in [0.15, 0.2) is 48.5 Å². The van der Waals surface area contributed by atoms with Gasteiger partial charge >= 0.3 is 0 Å². The zero-order chi connectivity index (χ0) is 22.2. The number of hydrogen-bond donors (Lipinski definition) is 2. The number of fused-ring (bicyclic) bond motifs is 1. The first-order valence-corrected chi connectivity index (χ1v) is 11.8. The van der Waals surface area contributed by atoms with E-state index in [1.165, 1.54) is 0 Å². The maximum atomic E-state index is 13.3. The summed E-state index contributed by atoms with van der Waals surface area (Å²) in [6.45, 7) is 3.17. The number of benzene rings is 2. The number of carbonyl (C=O) groups is 2. The monoisotopic (exact) mass is 435 g/mol. The van der Waals surface area contributed by atoms with E-state index in [1.54, 1.807) is 0 Å². The molecule has 2 aliphatic rings. The highest BCUT2D eigenvalue weighted by Gasteiger charge is 2.27. The first-order chi connectivity index (χ1) is 15.7. The number of nitrogens with one attached hydrogen (secondary N) is 2. The molecule has 6 nitrogen and oxygen atoms in total. The number of nitrogens with zero attached hydrogens (tertiary/aromatic N) is 1. The van der Waals surface area contributed by atoms with Gasteiger partial charge in [-0.1, -0.05) is 37.5 Å². The minimum Gasteiger partial charge on any atom is -0.494 e. The number of ether oxygens (including phenoxy) is 1. The molecule has 2 amide bonds. The molecule has 2 N–H and O–H groups in total. The molecule has 0 bridgehead atoms. The number of hydrogen-bond acceptors (Lipinski definition) is 4. The number of piperazine rings is 1. The third-order valence-electron chi connectivity index (χ3n) is 6.30. The van der Waals surface area contributed by atoms with Gasteiger partial charge in [-0.3, -0.25) is 9.59 Å². The highest BCUT2D eigenvalue weighted by atomic mass is 16.5. The summed E-state index contributed by atoms with van der Waals surface area (Å²) in [5.41, 5.74) is 2.62. The molecule has 1 unspecified atom stereocenters. The summed E-state index contributed by atoms with van der Waals surface area (Å²) in [5.74, 6) is 1.08. The summed E-state index contributed by atoms with van der Waals surface area (Å²) in [4.78, 5) is 26.9. The number of amides is 2. The lowest BCUT2D eigenvalue weighted by molar-refractivity contribution is -0.116. The molecule has 0 aliphatic carbocycles. The summed E-state index contributed by atoms with van der Waals surface area (Å²) in [6.07, 6.45) is 6.63. The smallest absolute Gasteiger partial charge is 0.254 e. The lowest BCUT2D eigenvalue weighted by Gasteiger charge is -2.36. The normalized spacial score (nSPS) is 18.1. The molecule has 6 heteroatoms. The van der Waals surface area contributed by atoms with Crippen molar-refractivity contribution in [3.05, 3.63) is 59.7 Å². The van der Waals surface area contributed by atoms with Crippen LogP contribution in [0.3, 0.4) is 0 Å². The van der Waals surface area contributed by atoms with E-state index in [9.17, 15) is 9.59 Å². The van der Waals surface area contributed by atoms with Gasteiger partial charge in [-0.25, -0.2) is 0 Å². The van der Waals surface area contributed by atoms with Crippen LogP contribution in [-0.2, 0) is 11.2 Å². The Balaban J connectivity index is 1.23. The zero-order valence-corrected chi connectivity index (χ0v) is 18.6. The van der Waals surface area contributed by atoms with E-state index in [0.29, 0.717) is 12.8 Å². The van der Waals surface area contributed by atoms with Crippen LogP contribution < -0.4 is 15.4 Å². The van der Waals surface area contributed by atoms with E-state index in [-0.39, 0.29) is 17.9 Å². The predicted molar refractivity (Wildman–Crippen MR) is 126 cm³/mol. The first kappa shape index (κ1) is 22.3. The molecule has 1 saturated heterocycles. The SMILES string of the molecule is O=C1CCc2cc(C(=O)N3CCNCC3CCCCCCOc3ccccc3)ccc2N1. The highest BCUT2D eigenvalue weighted by molar-refractivity contribution is 5.98. The second kappa shape index (κ2) is 11.1. The molecular formula is C26H33N3O3. The summed E-state index contributed by atoms with van der Waals surface area (Å²) < 4.78 is 5.76. The minimum atomic E-state index is 0.0466. The van der Waals surface area contributed by atoms with Crippen LogP contribution in [0.1, 0.15) is 54.4 Å². The van der Waals surface area contributed by atoms with Crippen molar-refractivity contribution >= 4 is 17.5 Å². The second-order valence-corrected chi connectivity index (χ2v) is 8.64. The molecule has 0 aromatic heterocycles. The fourth-order valence-electron chi connectivity index (χ4n) is 4.51. The number of para-hydroxylation sites is 1. The summed E-state index contributed by atoms with van der Waals surface area (Å²) >= 11 is 0. The van der Waals surface area contributed by atoms with Crippen LogP contribution in [-0.4, -0.2) is 49.0 Å². The van der Waals surface area contributed by atoms with Gasteiger partial charge in [-0.05, 0) is 55.2 Å². The molecule has 1 atom stereocenters. The number of unbranched alkanes of at least 4 members (excludes halogenated alkanes) is 3. The van der Waals surface area contributed by atoms with E-state index in [0.717, 1.165) is 80.9 Å². The number of aryl methyl sites for hydroxylation is 1. The van der Waals surface area contributed by atoms with Crippen molar-refractivity contribution in [2.24, 2.45) is 0 Å². The number of rotatable bonds is 9. The Morgan fingerprint density at radius 3 is 2.75 bits per heavy atom. The molecule has 4 rings (SSSR count). The fraction of sp³-hybridized carbons (Fsp3) is 0.462. The van der Waals surface area contributed by atoms with Crippen LogP contribution >= 0.6 is 0 Å².